The Balaban J connectivity index is 3.20. The molecule has 0 saturated carbocycles. The Bertz CT molecular complexity index is 92.6. The van der Waals surface area contributed by atoms with Crippen LogP contribution in [0, 0.1) is 0 Å². The molecule has 0 rings (SSSR count). The van der Waals surface area contributed by atoms with E-state index >= 15 is 0 Å². The van der Waals surface area contributed by atoms with Crippen LogP contribution < -0.4 is 0 Å². The Labute approximate surface area is 50.3 Å². The predicted octanol–water partition coefficient (Wildman–Crippen LogP) is 1.94. The minimum absolute atomic E-state index is 0.0240. The van der Waals surface area contributed by atoms with E-state index in [-0.39, 0.29) is 6.61 Å². The van der Waals surface area contributed by atoms with Crippen molar-refractivity contribution in [3.05, 3.63) is 24.3 Å². The molecule has 1 radical (unpaired) electrons. The highest BCUT2D eigenvalue weighted by atomic mass is 16.2. The molecule has 0 aromatic rings. The Hall–Kier alpha value is -0.560. The molecule has 0 heterocycles. The maximum Gasteiger partial charge on any atom is 0.0856 e. The molecule has 0 aliphatic rings. The lowest BCUT2D eigenvalue weighted by Gasteiger charge is -1.82. The van der Waals surface area contributed by atoms with E-state index in [9.17, 15) is 5.11 Å². The highest BCUT2D eigenvalue weighted by Gasteiger charge is 1.74. The maximum atomic E-state index is 9.83. The van der Waals surface area contributed by atoms with Crippen molar-refractivity contribution >= 4 is 0 Å². The zero-order valence-corrected chi connectivity index (χ0v) is 5.18. The molecule has 0 bridgehead atoms. The number of hydrogen-bond donors (Lipinski definition) is 0. The van der Waals surface area contributed by atoms with Crippen molar-refractivity contribution in [1.82, 2.24) is 0 Å². The Kier molecular flexibility index (Phi) is 4.27. The highest BCUT2D eigenvalue weighted by molar-refractivity contribution is 5.10. The van der Waals surface area contributed by atoms with Gasteiger partial charge in [-0.2, -0.15) is 0 Å². The van der Waals surface area contributed by atoms with Crippen LogP contribution in [-0.2, 0) is 5.11 Å². The van der Waals surface area contributed by atoms with Crippen molar-refractivity contribution in [2.24, 2.45) is 0 Å². The fourth-order valence-electron chi connectivity index (χ4n) is 0.353. The largest absolute Gasteiger partial charge is 0.236 e. The van der Waals surface area contributed by atoms with Gasteiger partial charge in [-0.15, -0.1) is 0 Å². The average molecular weight is 111 g/mol. The number of rotatable bonds is 3. The summed E-state index contributed by atoms with van der Waals surface area (Å²) in [5, 5.41) is 9.83. The summed E-state index contributed by atoms with van der Waals surface area (Å²) in [6.45, 7) is 5.52. The van der Waals surface area contributed by atoms with E-state index in [1.165, 1.54) is 0 Å². The van der Waals surface area contributed by atoms with E-state index in [1.54, 1.807) is 0 Å². The van der Waals surface area contributed by atoms with Crippen molar-refractivity contribution in [1.29, 1.82) is 0 Å². The number of hydrogen-bond acceptors (Lipinski definition) is 0. The zero-order chi connectivity index (χ0) is 6.41. The summed E-state index contributed by atoms with van der Waals surface area (Å²) in [6.07, 6.45) is 4.32. The summed E-state index contributed by atoms with van der Waals surface area (Å²) < 4.78 is 0. The zero-order valence-electron chi connectivity index (χ0n) is 5.18. The summed E-state index contributed by atoms with van der Waals surface area (Å²) in [6, 6.07) is 0. The lowest BCUT2D eigenvalue weighted by Crippen LogP contribution is -1.72. The third-order valence-corrected chi connectivity index (χ3v) is 0.687. The average Bonchev–Trinajstić information content (AvgIpc) is 1.66. The van der Waals surface area contributed by atoms with Crippen LogP contribution in [0.1, 0.15) is 13.3 Å². The molecule has 0 unspecified atom stereocenters. The van der Waals surface area contributed by atoms with E-state index in [1.807, 2.05) is 19.1 Å². The van der Waals surface area contributed by atoms with Gasteiger partial charge in [0.15, 0.2) is 0 Å². The molecule has 8 heavy (non-hydrogen) atoms. The molecule has 1 heteroatoms. The normalized spacial score (nSPS) is 10.2. The molecule has 1 nitrogen and oxygen atoms in total. The summed E-state index contributed by atoms with van der Waals surface area (Å²) >= 11 is 0. The van der Waals surface area contributed by atoms with E-state index in [0.29, 0.717) is 6.42 Å². The van der Waals surface area contributed by atoms with E-state index < -0.39 is 0 Å². The highest BCUT2D eigenvalue weighted by Crippen LogP contribution is 1.89. The van der Waals surface area contributed by atoms with Crippen molar-refractivity contribution in [2.75, 3.05) is 6.61 Å². The van der Waals surface area contributed by atoms with Gasteiger partial charge in [-0.25, -0.2) is 5.11 Å². The van der Waals surface area contributed by atoms with Crippen molar-refractivity contribution < 1.29 is 5.11 Å². The lowest BCUT2D eigenvalue weighted by atomic mass is 10.3. The molecule has 0 aliphatic heterocycles. The topological polar surface area (TPSA) is 19.9 Å². The lowest BCUT2D eigenvalue weighted by molar-refractivity contribution is 0.199. The Morgan fingerprint density at radius 2 is 2.38 bits per heavy atom. The second-order valence-corrected chi connectivity index (χ2v) is 1.74. The molecular formula is C7H11O. The van der Waals surface area contributed by atoms with Gasteiger partial charge in [0.25, 0.3) is 0 Å². The maximum absolute atomic E-state index is 9.83. The van der Waals surface area contributed by atoms with Crippen molar-refractivity contribution in [3.63, 3.8) is 0 Å². The smallest absolute Gasteiger partial charge is 0.0856 e. The van der Waals surface area contributed by atoms with Gasteiger partial charge in [0, 0.05) is 0 Å². The van der Waals surface area contributed by atoms with Crippen molar-refractivity contribution in [2.45, 2.75) is 13.3 Å². The van der Waals surface area contributed by atoms with E-state index in [4.69, 9.17) is 0 Å². The summed E-state index contributed by atoms with van der Waals surface area (Å²) in [5.41, 5.74) is 0.999. The van der Waals surface area contributed by atoms with Crippen LogP contribution in [0.3, 0.4) is 0 Å². The molecule has 0 amide bonds. The van der Waals surface area contributed by atoms with Crippen LogP contribution in [-0.4, -0.2) is 6.61 Å². The minimum atomic E-state index is -0.0240. The fourth-order valence-corrected chi connectivity index (χ4v) is 0.353. The predicted molar refractivity (Wildman–Crippen MR) is 34.1 cm³/mol. The third kappa shape index (κ3) is 5.44. The summed E-state index contributed by atoms with van der Waals surface area (Å²) in [4.78, 5) is 0. The molecule has 45 valence electrons. The monoisotopic (exact) mass is 111 g/mol. The third-order valence-electron chi connectivity index (χ3n) is 0.687. The van der Waals surface area contributed by atoms with Crippen molar-refractivity contribution in [3.8, 4) is 0 Å². The second kappa shape index (κ2) is 4.60. The summed E-state index contributed by atoms with van der Waals surface area (Å²) in [7, 11) is 0. The molecule has 0 fully saturated rings. The summed E-state index contributed by atoms with van der Waals surface area (Å²) in [5.74, 6) is 0. The van der Waals surface area contributed by atoms with Gasteiger partial charge in [0.05, 0.1) is 6.61 Å². The van der Waals surface area contributed by atoms with Gasteiger partial charge < -0.3 is 0 Å². The molecule has 0 N–H and O–H groups in total. The van der Waals surface area contributed by atoms with Crippen LogP contribution in [0.4, 0.5) is 0 Å². The van der Waals surface area contributed by atoms with E-state index in [0.717, 1.165) is 5.57 Å². The first kappa shape index (κ1) is 7.44. The second-order valence-electron chi connectivity index (χ2n) is 1.74. The molecule has 0 aliphatic carbocycles. The minimum Gasteiger partial charge on any atom is -0.236 e. The van der Waals surface area contributed by atoms with Crippen LogP contribution in [0.2, 0.25) is 0 Å². The molecule has 0 aromatic carbocycles. The first-order valence-electron chi connectivity index (χ1n) is 2.67. The Morgan fingerprint density at radius 1 is 1.75 bits per heavy atom. The fraction of sp³-hybridized carbons (Fsp3) is 0.429. The quantitative estimate of drug-likeness (QED) is 0.496. The molecule has 0 atom stereocenters. The number of allylic oxidation sites excluding steroid dienone is 2. The first-order valence-corrected chi connectivity index (χ1v) is 2.67. The van der Waals surface area contributed by atoms with E-state index in [2.05, 4.69) is 6.58 Å². The van der Waals surface area contributed by atoms with Gasteiger partial charge in [0.1, 0.15) is 0 Å². The van der Waals surface area contributed by atoms with Gasteiger partial charge >= 0.3 is 0 Å². The SMILES string of the molecule is C=C(C)/C=C/CC[O]. The van der Waals surface area contributed by atoms with Gasteiger partial charge in [-0.3, -0.25) is 0 Å². The van der Waals surface area contributed by atoms with Crippen LogP contribution in [0.25, 0.3) is 0 Å². The van der Waals surface area contributed by atoms with Gasteiger partial charge in [-0.1, -0.05) is 24.3 Å². The molecule has 0 saturated heterocycles. The van der Waals surface area contributed by atoms with Crippen LogP contribution in [0.5, 0.6) is 0 Å². The Morgan fingerprint density at radius 3 is 2.75 bits per heavy atom. The van der Waals surface area contributed by atoms with Gasteiger partial charge in [0.2, 0.25) is 0 Å². The first-order chi connectivity index (χ1) is 3.77. The van der Waals surface area contributed by atoms with Crippen LogP contribution >= 0.6 is 0 Å². The molecule has 0 aromatic heterocycles. The van der Waals surface area contributed by atoms with Crippen LogP contribution in [0.15, 0.2) is 24.3 Å². The standard InChI is InChI=1S/C7H11O/c1-7(2)5-3-4-6-8/h3,5H,1,4,6H2,2H3/b5-3+. The molecule has 0 spiro atoms. The van der Waals surface area contributed by atoms with Gasteiger partial charge in [-0.05, 0) is 13.3 Å². The molecular weight excluding hydrogens is 100 g/mol.